The number of carboxylic acids is 1. The molecule has 3 N–H and O–H groups in total. The summed E-state index contributed by atoms with van der Waals surface area (Å²) in [5, 5.41) is 20.3. The first-order chi connectivity index (χ1) is 10.1. The van der Waals surface area contributed by atoms with Crippen LogP contribution in [-0.4, -0.2) is 45.5 Å². The van der Waals surface area contributed by atoms with Crippen molar-refractivity contribution in [1.82, 2.24) is 10.3 Å². The first-order valence-corrected chi connectivity index (χ1v) is 7.20. The minimum atomic E-state index is -1.18. The Bertz CT molecular complexity index is 609. The third kappa shape index (κ3) is 4.20. The predicted molar refractivity (Wildman–Crippen MR) is 76.0 cm³/mol. The molecule has 2 aromatic rings. The molecular weight excluding hydrogens is 296 g/mol. The number of carbonyl (C=O) groups is 2. The Morgan fingerprint density at radius 1 is 1.38 bits per heavy atom. The van der Waals surface area contributed by atoms with Crippen molar-refractivity contribution in [3.63, 3.8) is 0 Å². The van der Waals surface area contributed by atoms with E-state index in [1.165, 1.54) is 0 Å². The van der Waals surface area contributed by atoms with Crippen LogP contribution < -0.4 is 5.32 Å². The number of aliphatic hydroxyl groups excluding tert-OH is 1. The minimum absolute atomic E-state index is 0.0119. The second kappa shape index (κ2) is 7.09. The Morgan fingerprint density at radius 3 is 2.81 bits per heavy atom. The Balaban J connectivity index is 1.89. The fourth-order valence-corrected chi connectivity index (χ4v) is 2.31. The second-order valence-corrected chi connectivity index (χ2v) is 5.13. The molecule has 0 spiro atoms. The van der Waals surface area contributed by atoms with E-state index in [2.05, 4.69) is 10.3 Å². The number of nitrogens with zero attached hydrogens (tertiary/aromatic N) is 1. The lowest BCUT2D eigenvalue weighted by Crippen LogP contribution is -2.42. The number of fused-ring (bicyclic) bond motifs is 1. The van der Waals surface area contributed by atoms with Crippen LogP contribution in [0.25, 0.3) is 11.1 Å². The molecule has 0 aliphatic heterocycles. The number of carbonyl (C=O) groups excluding carboxylic acids is 1. The SMILES string of the molecule is O=C(CSc1nc2ccccc2o1)N[C@@H](CCO)C(=O)O. The quantitative estimate of drug-likeness (QED) is 0.650. The third-order valence-corrected chi connectivity index (χ3v) is 3.48. The number of oxazole rings is 1. The first kappa shape index (κ1) is 15.3. The standard InChI is InChI=1S/C13H14N2O5S/c16-6-5-9(12(18)19)14-11(17)7-21-13-15-8-3-1-2-4-10(8)20-13/h1-4,9,16H,5-7H2,(H,14,17)(H,18,19)/t9-/m0/s1. The summed E-state index contributed by atoms with van der Waals surface area (Å²) >= 11 is 1.08. The van der Waals surface area contributed by atoms with Gasteiger partial charge in [0.15, 0.2) is 5.58 Å². The van der Waals surface area contributed by atoms with Crippen molar-refractivity contribution in [3.05, 3.63) is 24.3 Å². The highest BCUT2D eigenvalue weighted by Crippen LogP contribution is 2.22. The number of aliphatic carboxylic acids is 1. The summed E-state index contributed by atoms with van der Waals surface area (Å²) in [5.41, 5.74) is 1.33. The molecule has 0 radical (unpaired) electrons. The number of aliphatic hydroxyl groups is 1. The van der Waals surface area contributed by atoms with Gasteiger partial charge < -0.3 is 19.9 Å². The number of nitrogens with one attached hydrogen (secondary N) is 1. The number of para-hydroxylation sites is 2. The average Bonchev–Trinajstić information content (AvgIpc) is 2.87. The summed E-state index contributed by atoms with van der Waals surface area (Å²) < 4.78 is 5.43. The van der Waals surface area contributed by atoms with Crippen LogP contribution in [0.2, 0.25) is 0 Å². The largest absolute Gasteiger partial charge is 0.480 e. The van der Waals surface area contributed by atoms with Crippen molar-refractivity contribution < 1.29 is 24.2 Å². The zero-order chi connectivity index (χ0) is 15.2. The maximum absolute atomic E-state index is 11.7. The summed E-state index contributed by atoms with van der Waals surface area (Å²) in [6.45, 7) is -0.310. The number of hydrogen-bond acceptors (Lipinski definition) is 6. The Labute approximate surface area is 124 Å². The number of carboxylic acid groups (broad SMARTS) is 1. The molecule has 0 fully saturated rings. The van der Waals surface area contributed by atoms with Crippen molar-refractivity contribution in [1.29, 1.82) is 0 Å². The molecule has 112 valence electrons. The second-order valence-electron chi connectivity index (χ2n) is 4.21. The van der Waals surface area contributed by atoms with Crippen LogP contribution in [0.5, 0.6) is 0 Å². The van der Waals surface area contributed by atoms with E-state index in [0.717, 1.165) is 11.8 Å². The van der Waals surface area contributed by atoms with Gasteiger partial charge in [0.05, 0.1) is 5.75 Å². The van der Waals surface area contributed by atoms with E-state index < -0.39 is 17.9 Å². The number of amides is 1. The van der Waals surface area contributed by atoms with Gasteiger partial charge in [-0.15, -0.1) is 0 Å². The maximum Gasteiger partial charge on any atom is 0.326 e. The molecule has 0 saturated heterocycles. The molecule has 1 atom stereocenters. The molecule has 0 bridgehead atoms. The van der Waals surface area contributed by atoms with E-state index in [1.807, 2.05) is 12.1 Å². The molecule has 1 heterocycles. The van der Waals surface area contributed by atoms with Gasteiger partial charge in [-0.2, -0.15) is 0 Å². The molecule has 1 aromatic carbocycles. The topological polar surface area (TPSA) is 113 Å². The molecule has 0 aliphatic carbocycles. The van der Waals surface area contributed by atoms with Gasteiger partial charge in [-0.05, 0) is 12.1 Å². The summed E-state index contributed by atoms with van der Waals surface area (Å²) in [6.07, 6.45) is -0.0331. The number of thioether (sulfide) groups is 1. The zero-order valence-electron chi connectivity index (χ0n) is 11.0. The van der Waals surface area contributed by atoms with Gasteiger partial charge in [-0.25, -0.2) is 9.78 Å². The lowest BCUT2D eigenvalue weighted by molar-refractivity contribution is -0.141. The van der Waals surface area contributed by atoms with E-state index in [-0.39, 0.29) is 18.8 Å². The first-order valence-electron chi connectivity index (χ1n) is 6.21. The molecule has 7 nitrogen and oxygen atoms in total. The van der Waals surface area contributed by atoms with Crippen LogP contribution >= 0.6 is 11.8 Å². The van der Waals surface area contributed by atoms with Crippen LogP contribution in [-0.2, 0) is 9.59 Å². The highest BCUT2D eigenvalue weighted by molar-refractivity contribution is 7.99. The smallest absolute Gasteiger partial charge is 0.326 e. The number of hydrogen-bond donors (Lipinski definition) is 3. The minimum Gasteiger partial charge on any atom is -0.480 e. The number of benzene rings is 1. The summed E-state index contributed by atoms with van der Waals surface area (Å²) in [6, 6.07) is 6.13. The summed E-state index contributed by atoms with van der Waals surface area (Å²) in [7, 11) is 0. The van der Waals surface area contributed by atoms with Crippen LogP contribution in [0, 0.1) is 0 Å². The van der Waals surface area contributed by atoms with Crippen LogP contribution in [0.4, 0.5) is 0 Å². The molecule has 1 amide bonds. The fourth-order valence-electron chi connectivity index (χ4n) is 1.66. The van der Waals surface area contributed by atoms with Crippen LogP contribution in [0.1, 0.15) is 6.42 Å². The van der Waals surface area contributed by atoms with E-state index in [1.54, 1.807) is 12.1 Å². The van der Waals surface area contributed by atoms with Crippen molar-refractivity contribution in [2.45, 2.75) is 17.7 Å². The summed E-state index contributed by atoms with van der Waals surface area (Å²) in [5.74, 6) is -1.64. The molecule has 0 aliphatic rings. The zero-order valence-corrected chi connectivity index (χ0v) is 11.8. The molecule has 21 heavy (non-hydrogen) atoms. The number of rotatable bonds is 7. The van der Waals surface area contributed by atoms with Gasteiger partial charge in [-0.1, -0.05) is 23.9 Å². The monoisotopic (exact) mass is 310 g/mol. The highest BCUT2D eigenvalue weighted by Gasteiger charge is 2.19. The maximum atomic E-state index is 11.7. The van der Waals surface area contributed by atoms with Crippen molar-refractivity contribution in [2.75, 3.05) is 12.4 Å². The molecule has 0 saturated carbocycles. The lowest BCUT2D eigenvalue weighted by atomic mass is 10.2. The van der Waals surface area contributed by atoms with Crippen LogP contribution in [0.15, 0.2) is 33.9 Å². The highest BCUT2D eigenvalue weighted by atomic mass is 32.2. The fraction of sp³-hybridized carbons (Fsp3) is 0.308. The van der Waals surface area contributed by atoms with Gasteiger partial charge >= 0.3 is 5.97 Å². The average molecular weight is 310 g/mol. The van der Waals surface area contributed by atoms with Crippen LogP contribution in [0.3, 0.4) is 0 Å². The van der Waals surface area contributed by atoms with E-state index in [9.17, 15) is 9.59 Å². The van der Waals surface area contributed by atoms with Crippen molar-refractivity contribution in [3.8, 4) is 0 Å². The van der Waals surface area contributed by atoms with E-state index in [4.69, 9.17) is 14.6 Å². The van der Waals surface area contributed by atoms with E-state index in [0.29, 0.717) is 16.3 Å². The molecule has 2 rings (SSSR count). The Hall–Kier alpha value is -2.06. The van der Waals surface area contributed by atoms with Gasteiger partial charge in [0.2, 0.25) is 5.91 Å². The third-order valence-electron chi connectivity index (χ3n) is 2.65. The molecule has 8 heteroatoms. The van der Waals surface area contributed by atoms with Gasteiger partial charge in [0.25, 0.3) is 5.22 Å². The molecular formula is C13H14N2O5S. The Kier molecular flexibility index (Phi) is 5.18. The van der Waals surface area contributed by atoms with Gasteiger partial charge in [0, 0.05) is 13.0 Å². The summed E-state index contributed by atoms with van der Waals surface area (Å²) in [4.78, 5) is 26.7. The van der Waals surface area contributed by atoms with Gasteiger partial charge in [0.1, 0.15) is 11.6 Å². The predicted octanol–water partition coefficient (Wildman–Crippen LogP) is 0.872. The number of aromatic nitrogens is 1. The molecule has 1 aromatic heterocycles. The normalized spacial score (nSPS) is 12.2. The Morgan fingerprint density at radius 2 is 2.14 bits per heavy atom. The molecule has 0 unspecified atom stereocenters. The van der Waals surface area contributed by atoms with E-state index >= 15 is 0 Å². The lowest BCUT2D eigenvalue weighted by Gasteiger charge is -2.12. The van der Waals surface area contributed by atoms with Crippen molar-refractivity contribution in [2.24, 2.45) is 0 Å². The van der Waals surface area contributed by atoms with Crippen molar-refractivity contribution >= 4 is 34.7 Å². The van der Waals surface area contributed by atoms with Gasteiger partial charge in [-0.3, -0.25) is 4.79 Å².